The molecule has 1 aromatic carbocycles. The van der Waals surface area contributed by atoms with Crippen molar-refractivity contribution in [3.8, 4) is 0 Å². The van der Waals surface area contributed by atoms with Crippen molar-refractivity contribution < 1.29 is 15.0 Å². The first-order valence-corrected chi connectivity index (χ1v) is 5.79. The third kappa shape index (κ3) is 2.26. The Kier molecular flexibility index (Phi) is 3.33. The highest BCUT2D eigenvalue weighted by atomic mass is 16.4. The first kappa shape index (κ1) is 11.9. The maximum atomic E-state index is 11.0. The van der Waals surface area contributed by atoms with Crippen LogP contribution in [-0.4, -0.2) is 40.4 Å². The molecule has 2 N–H and O–H groups in total. The highest BCUT2D eigenvalue weighted by molar-refractivity contribution is 5.66. The molecular weight excluding hydrogens is 218 g/mol. The summed E-state index contributed by atoms with van der Waals surface area (Å²) in [5.74, 6) is 0.199. The lowest BCUT2D eigenvalue weighted by Gasteiger charge is -2.18. The van der Waals surface area contributed by atoms with Gasteiger partial charge in [0.25, 0.3) is 0 Å². The topological polar surface area (TPSA) is 60.8 Å². The van der Waals surface area contributed by atoms with Gasteiger partial charge in [0.1, 0.15) is 0 Å². The summed E-state index contributed by atoms with van der Waals surface area (Å²) in [6.45, 7) is 2.41. The van der Waals surface area contributed by atoms with E-state index < -0.39 is 6.09 Å². The van der Waals surface area contributed by atoms with Crippen molar-refractivity contribution in [1.29, 1.82) is 0 Å². The first-order chi connectivity index (χ1) is 8.13. The standard InChI is InChI=1S/C13H17NO3/c1-9-4-2-3-5-12(9)10-6-11(8-15)14(7-10)13(16)17/h2-5,10-11,15H,6-8H2,1H3,(H,16,17)/t10-,11+/m1/s1. The number of rotatable bonds is 2. The van der Waals surface area contributed by atoms with E-state index in [1.165, 1.54) is 16.0 Å². The molecule has 1 aromatic rings. The van der Waals surface area contributed by atoms with Crippen LogP contribution in [0.1, 0.15) is 23.5 Å². The number of carbonyl (C=O) groups is 1. The van der Waals surface area contributed by atoms with Gasteiger partial charge in [-0.3, -0.25) is 0 Å². The number of aliphatic hydroxyl groups is 1. The zero-order valence-electron chi connectivity index (χ0n) is 9.84. The lowest BCUT2D eigenvalue weighted by molar-refractivity contribution is 0.118. The molecule has 1 fully saturated rings. The molecule has 1 saturated heterocycles. The number of hydrogen-bond donors (Lipinski definition) is 2. The average molecular weight is 235 g/mol. The molecule has 4 heteroatoms. The molecule has 1 aliphatic heterocycles. The number of aryl methyl sites for hydroxylation is 1. The van der Waals surface area contributed by atoms with Crippen LogP contribution >= 0.6 is 0 Å². The minimum Gasteiger partial charge on any atom is -0.465 e. The molecule has 0 bridgehead atoms. The van der Waals surface area contributed by atoms with Gasteiger partial charge in [-0.1, -0.05) is 24.3 Å². The van der Waals surface area contributed by atoms with Gasteiger partial charge in [0.15, 0.2) is 0 Å². The van der Waals surface area contributed by atoms with Crippen LogP contribution in [0.2, 0.25) is 0 Å². The Balaban J connectivity index is 2.21. The van der Waals surface area contributed by atoms with Crippen molar-refractivity contribution in [1.82, 2.24) is 4.90 Å². The Labute approximate surface area is 100 Å². The summed E-state index contributed by atoms with van der Waals surface area (Å²) in [7, 11) is 0. The quantitative estimate of drug-likeness (QED) is 0.822. The number of amides is 1. The molecule has 0 spiro atoms. The first-order valence-electron chi connectivity index (χ1n) is 5.79. The molecule has 0 unspecified atom stereocenters. The Morgan fingerprint density at radius 1 is 1.47 bits per heavy atom. The van der Waals surface area contributed by atoms with Gasteiger partial charge in [-0.2, -0.15) is 0 Å². The summed E-state index contributed by atoms with van der Waals surface area (Å²) in [5.41, 5.74) is 2.37. The molecule has 2 rings (SSSR count). The zero-order chi connectivity index (χ0) is 12.4. The van der Waals surface area contributed by atoms with Crippen molar-refractivity contribution in [2.75, 3.05) is 13.2 Å². The Morgan fingerprint density at radius 2 is 2.18 bits per heavy atom. The molecule has 0 aromatic heterocycles. The van der Waals surface area contributed by atoms with Gasteiger partial charge < -0.3 is 15.1 Å². The van der Waals surface area contributed by atoms with Crippen LogP contribution in [0, 0.1) is 6.92 Å². The Morgan fingerprint density at radius 3 is 2.71 bits per heavy atom. The molecule has 0 saturated carbocycles. The highest BCUT2D eigenvalue weighted by Crippen LogP contribution is 2.33. The molecule has 2 atom stereocenters. The predicted molar refractivity (Wildman–Crippen MR) is 64.1 cm³/mol. The van der Waals surface area contributed by atoms with Crippen LogP contribution in [0.4, 0.5) is 4.79 Å². The van der Waals surface area contributed by atoms with Gasteiger partial charge in [-0.25, -0.2) is 4.79 Å². The number of nitrogens with zero attached hydrogens (tertiary/aromatic N) is 1. The van der Waals surface area contributed by atoms with E-state index in [-0.39, 0.29) is 18.6 Å². The summed E-state index contributed by atoms with van der Waals surface area (Å²) < 4.78 is 0. The summed E-state index contributed by atoms with van der Waals surface area (Å²) in [4.78, 5) is 12.4. The van der Waals surface area contributed by atoms with Crippen LogP contribution in [0.15, 0.2) is 24.3 Å². The smallest absolute Gasteiger partial charge is 0.407 e. The lowest BCUT2D eigenvalue weighted by atomic mass is 9.93. The summed E-state index contributed by atoms with van der Waals surface area (Å²) in [5, 5.41) is 18.3. The fraction of sp³-hybridized carbons (Fsp3) is 0.462. The second kappa shape index (κ2) is 4.75. The molecule has 4 nitrogen and oxygen atoms in total. The van der Waals surface area contributed by atoms with Gasteiger partial charge in [-0.05, 0) is 24.5 Å². The fourth-order valence-electron chi connectivity index (χ4n) is 2.59. The second-order valence-electron chi connectivity index (χ2n) is 4.56. The fourth-order valence-corrected chi connectivity index (χ4v) is 2.59. The van der Waals surface area contributed by atoms with Crippen LogP contribution in [0.3, 0.4) is 0 Å². The van der Waals surface area contributed by atoms with E-state index in [2.05, 4.69) is 0 Å². The third-order valence-electron chi connectivity index (χ3n) is 3.50. The maximum Gasteiger partial charge on any atom is 0.407 e. The van der Waals surface area contributed by atoms with Crippen molar-refractivity contribution in [2.45, 2.75) is 25.3 Å². The summed E-state index contributed by atoms with van der Waals surface area (Å²) >= 11 is 0. The molecule has 17 heavy (non-hydrogen) atoms. The zero-order valence-corrected chi connectivity index (χ0v) is 9.84. The normalized spacial score (nSPS) is 24.0. The number of aliphatic hydroxyl groups excluding tert-OH is 1. The van der Waals surface area contributed by atoms with E-state index in [1.54, 1.807) is 0 Å². The van der Waals surface area contributed by atoms with Crippen molar-refractivity contribution in [2.24, 2.45) is 0 Å². The van der Waals surface area contributed by atoms with Crippen LogP contribution in [0.25, 0.3) is 0 Å². The van der Waals surface area contributed by atoms with Gasteiger partial charge >= 0.3 is 6.09 Å². The molecular formula is C13H17NO3. The van der Waals surface area contributed by atoms with E-state index in [9.17, 15) is 9.90 Å². The predicted octanol–water partition coefficient (Wildman–Crippen LogP) is 1.82. The van der Waals surface area contributed by atoms with E-state index in [0.29, 0.717) is 13.0 Å². The van der Waals surface area contributed by atoms with E-state index in [1.807, 2.05) is 31.2 Å². The maximum absolute atomic E-state index is 11.0. The molecule has 92 valence electrons. The van der Waals surface area contributed by atoms with Crippen LogP contribution < -0.4 is 0 Å². The largest absolute Gasteiger partial charge is 0.465 e. The lowest BCUT2D eigenvalue weighted by Crippen LogP contribution is -2.36. The Bertz CT molecular complexity index is 419. The van der Waals surface area contributed by atoms with Gasteiger partial charge in [0.05, 0.1) is 12.6 Å². The third-order valence-corrected chi connectivity index (χ3v) is 3.50. The van der Waals surface area contributed by atoms with E-state index in [4.69, 9.17) is 5.11 Å². The second-order valence-corrected chi connectivity index (χ2v) is 4.56. The van der Waals surface area contributed by atoms with E-state index in [0.717, 1.165) is 0 Å². The number of benzene rings is 1. The SMILES string of the molecule is Cc1ccccc1[C@@H]1C[C@@H](CO)N(C(=O)O)C1. The minimum absolute atomic E-state index is 0.102. The monoisotopic (exact) mass is 235 g/mol. The number of hydrogen-bond acceptors (Lipinski definition) is 2. The van der Waals surface area contributed by atoms with Crippen LogP contribution in [-0.2, 0) is 0 Å². The van der Waals surface area contributed by atoms with Crippen molar-refractivity contribution >= 4 is 6.09 Å². The molecule has 1 aliphatic rings. The number of likely N-dealkylation sites (tertiary alicyclic amines) is 1. The molecule has 0 aliphatic carbocycles. The van der Waals surface area contributed by atoms with Gasteiger partial charge in [0, 0.05) is 12.5 Å². The van der Waals surface area contributed by atoms with Gasteiger partial charge in [-0.15, -0.1) is 0 Å². The Hall–Kier alpha value is -1.55. The van der Waals surface area contributed by atoms with Crippen molar-refractivity contribution in [3.05, 3.63) is 35.4 Å². The highest BCUT2D eigenvalue weighted by Gasteiger charge is 2.35. The molecule has 0 radical (unpaired) electrons. The van der Waals surface area contributed by atoms with E-state index >= 15 is 0 Å². The molecule has 1 heterocycles. The van der Waals surface area contributed by atoms with Crippen LogP contribution in [0.5, 0.6) is 0 Å². The van der Waals surface area contributed by atoms with Crippen molar-refractivity contribution in [3.63, 3.8) is 0 Å². The number of carboxylic acid groups (broad SMARTS) is 1. The van der Waals surface area contributed by atoms with Gasteiger partial charge in [0.2, 0.25) is 0 Å². The minimum atomic E-state index is -0.944. The average Bonchev–Trinajstić information content (AvgIpc) is 2.73. The summed E-state index contributed by atoms with van der Waals surface area (Å²) in [6, 6.07) is 7.76. The molecule has 1 amide bonds. The summed E-state index contributed by atoms with van der Waals surface area (Å²) in [6.07, 6.45) is -0.242.